The molecule has 1 heterocycles. The van der Waals surface area contributed by atoms with Crippen LogP contribution in [0.25, 0.3) is 6.08 Å². The number of nitrogens with zero attached hydrogens (tertiary/aromatic N) is 2. The third-order valence-corrected chi connectivity index (χ3v) is 5.61. The van der Waals surface area contributed by atoms with E-state index in [0.717, 1.165) is 29.5 Å². The molecular weight excluding hydrogens is 426 g/mol. The van der Waals surface area contributed by atoms with E-state index in [2.05, 4.69) is 15.5 Å². The van der Waals surface area contributed by atoms with Crippen molar-refractivity contribution >= 4 is 40.2 Å². The molecule has 1 N–H and O–H groups in total. The lowest BCUT2D eigenvalue weighted by Gasteiger charge is -2.06. The predicted molar refractivity (Wildman–Crippen MR) is 105 cm³/mol. The van der Waals surface area contributed by atoms with Gasteiger partial charge in [-0.2, -0.15) is 13.2 Å². The molecule has 3 aromatic rings. The van der Waals surface area contributed by atoms with Gasteiger partial charge in [-0.05, 0) is 35.4 Å². The van der Waals surface area contributed by atoms with Gasteiger partial charge in [0.25, 0.3) is 0 Å². The van der Waals surface area contributed by atoms with Gasteiger partial charge in [0.2, 0.25) is 11.0 Å². The van der Waals surface area contributed by atoms with E-state index >= 15 is 0 Å². The number of hydrogen-bond acceptors (Lipinski definition) is 5. The van der Waals surface area contributed by atoms with Gasteiger partial charge in [0.15, 0.2) is 4.34 Å². The molecule has 0 aliphatic carbocycles. The SMILES string of the molecule is O=C(/C=C/c1cccc(C(F)(F)F)c1)Nc1nnc(SCc2ccccc2F)s1. The topological polar surface area (TPSA) is 54.9 Å². The first-order chi connectivity index (χ1) is 13.8. The standard InChI is InChI=1S/C19H13F4N3OS2/c20-15-7-2-1-5-13(15)11-28-18-26-25-17(29-18)24-16(27)9-8-12-4-3-6-14(10-12)19(21,22)23/h1-10H,11H2,(H,24,25,27)/b9-8+. The molecule has 29 heavy (non-hydrogen) atoms. The predicted octanol–water partition coefficient (Wildman–Crippen LogP) is 5.64. The Bertz CT molecular complexity index is 1030. The second kappa shape index (κ2) is 9.19. The van der Waals surface area contributed by atoms with E-state index in [1.54, 1.807) is 18.2 Å². The minimum absolute atomic E-state index is 0.236. The minimum atomic E-state index is -4.45. The van der Waals surface area contributed by atoms with E-state index in [1.807, 2.05) is 0 Å². The fourth-order valence-corrected chi connectivity index (χ4v) is 3.95. The Balaban J connectivity index is 1.56. The van der Waals surface area contributed by atoms with Gasteiger partial charge in [0, 0.05) is 11.8 Å². The number of carbonyl (C=O) groups excluding carboxylic acids is 1. The van der Waals surface area contributed by atoms with Crippen LogP contribution in [0.2, 0.25) is 0 Å². The van der Waals surface area contributed by atoms with Gasteiger partial charge >= 0.3 is 6.18 Å². The van der Waals surface area contributed by atoms with Crippen molar-refractivity contribution in [3.63, 3.8) is 0 Å². The summed E-state index contributed by atoms with van der Waals surface area (Å²) in [6.45, 7) is 0. The Morgan fingerprint density at radius 3 is 2.69 bits per heavy atom. The Morgan fingerprint density at radius 2 is 1.93 bits per heavy atom. The number of alkyl halides is 3. The van der Waals surface area contributed by atoms with E-state index in [-0.39, 0.29) is 16.5 Å². The zero-order valence-corrected chi connectivity index (χ0v) is 16.2. The van der Waals surface area contributed by atoms with Crippen molar-refractivity contribution < 1.29 is 22.4 Å². The largest absolute Gasteiger partial charge is 0.416 e. The van der Waals surface area contributed by atoms with Crippen LogP contribution in [-0.4, -0.2) is 16.1 Å². The van der Waals surface area contributed by atoms with Gasteiger partial charge in [-0.25, -0.2) is 4.39 Å². The van der Waals surface area contributed by atoms with Crippen molar-refractivity contribution in [1.82, 2.24) is 10.2 Å². The minimum Gasteiger partial charge on any atom is -0.297 e. The number of hydrogen-bond donors (Lipinski definition) is 1. The number of benzene rings is 2. The molecule has 4 nitrogen and oxygen atoms in total. The van der Waals surface area contributed by atoms with Gasteiger partial charge in [0.1, 0.15) is 5.82 Å². The van der Waals surface area contributed by atoms with Crippen molar-refractivity contribution in [2.75, 3.05) is 5.32 Å². The third-order valence-electron chi connectivity index (χ3n) is 3.59. The molecule has 0 saturated heterocycles. The van der Waals surface area contributed by atoms with Crippen LogP contribution >= 0.6 is 23.1 Å². The fraction of sp³-hybridized carbons (Fsp3) is 0.105. The Hall–Kier alpha value is -2.72. The first-order valence-corrected chi connectivity index (χ1v) is 9.97. The van der Waals surface area contributed by atoms with E-state index in [9.17, 15) is 22.4 Å². The third kappa shape index (κ3) is 6.13. The van der Waals surface area contributed by atoms with Crippen LogP contribution in [-0.2, 0) is 16.7 Å². The summed E-state index contributed by atoms with van der Waals surface area (Å²) in [5.41, 5.74) is -0.0172. The summed E-state index contributed by atoms with van der Waals surface area (Å²) in [7, 11) is 0. The zero-order chi connectivity index (χ0) is 20.9. The summed E-state index contributed by atoms with van der Waals surface area (Å²) >= 11 is 2.40. The summed E-state index contributed by atoms with van der Waals surface area (Å²) in [6.07, 6.45) is -2.06. The number of rotatable bonds is 6. The second-order valence-electron chi connectivity index (χ2n) is 5.70. The molecule has 1 aromatic heterocycles. The molecule has 2 aromatic carbocycles. The number of nitrogens with one attached hydrogen (secondary N) is 1. The number of halogens is 4. The normalized spacial score (nSPS) is 11.7. The maximum absolute atomic E-state index is 13.6. The van der Waals surface area contributed by atoms with Crippen LogP contribution in [0.15, 0.2) is 58.9 Å². The molecule has 0 aliphatic rings. The van der Waals surface area contributed by atoms with Crippen molar-refractivity contribution in [1.29, 1.82) is 0 Å². The fourth-order valence-electron chi connectivity index (χ4n) is 2.21. The molecule has 3 rings (SSSR count). The first kappa shape index (κ1) is 21.0. The van der Waals surface area contributed by atoms with Gasteiger partial charge in [0.05, 0.1) is 5.56 Å². The summed E-state index contributed by atoms with van der Waals surface area (Å²) in [5.74, 6) is -0.493. The van der Waals surface area contributed by atoms with Crippen molar-refractivity contribution in [2.24, 2.45) is 0 Å². The highest BCUT2D eigenvalue weighted by atomic mass is 32.2. The highest BCUT2D eigenvalue weighted by Crippen LogP contribution is 2.30. The van der Waals surface area contributed by atoms with Crippen molar-refractivity contribution in [3.05, 3.63) is 77.1 Å². The molecule has 10 heteroatoms. The number of aromatic nitrogens is 2. The first-order valence-electron chi connectivity index (χ1n) is 8.17. The molecule has 0 aliphatic heterocycles. The number of anilines is 1. The van der Waals surface area contributed by atoms with Gasteiger partial charge in [-0.1, -0.05) is 53.4 Å². The van der Waals surface area contributed by atoms with Crippen LogP contribution in [0.4, 0.5) is 22.7 Å². The summed E-state index contributed by atoms with van der Waals surface area (Å²) in [4.78, 5) is 12.0. The summed E-state index contributed by atoms with van der Waals surface area (Å²) in [6, 6.07) is 11.0. The Morgan fingerprint density at radius 1 is 1.14 bits per heavy atom. The molecule has 0 spiro atoms. The molecular formula is C19H13F4N3OS2. The number of amides is 1. The molecule has 0 bridgehead atoms. The maximum Gasteiger partial charge on any atom is 0.416 e. The Labute approximate surface area is 171 Å². The average molecular weight is 439 g/mol. The van der Waals surface area contributed by atoms with Gasteiger partial charge < -0.3 is 0 Å². The molecule has 0 atom stereocenters. The van der Waals surface area contributed by atoms with Gasteiger partial charge in [-0.3, -0.25) is 10.1 Å². The van der Waals surface area contributed by atoms with Gasteiger partial charge in [-0.15, -0.1) is 10.2 Å². The van der Waals surface area contributed by atoms with Crippen molar-refractivity contribution in [3.8, 4) is 0 Å². The highest BCUT2D eigenvalue weighted by molar-refractivity contribution is 8.00. The van der Waals surface area contributed by atoms with E-state index < -0.39 is 17.6 Å². The number of thioether (sulfide) groups is 1. The van der Waals surface area contributed by atoms with E-state index in [1.165, 1.54) is 36.0 Å². The Kier molecular flexibility index (Phi) is 6.65. The molecule has 0 fully saturated rings. The molecule has 0 unspecified atom stereocenters. The van der Waals surface area contributed by atoms with Crippen LogP contribution in [0, 0.1) is 5.82 Å². The smallest absolute Gasteiger partial charge is 0.297 e. The molecule has 1 amide bonds. The van der Waals surface area contributed by atoms with Crippen LogP contribution in [0.5, 0.6) is 0 Å². The average Bonchev–Trinajstić information content (AvgIpc) is 3.12. The lowest BCUT2D eigenvalue weighted by Crippen LogP contribution is -2.07. The van der Waals surface area contributed by atoms with Crippen molar-refractivity contribution in [2.45, 2.75) is 16.3 Å². The lowest BCUT2D eigenvalue weighted by atomic mass is 10.1. The lowest BCUT2D eigenvalue weighted by molar-refractivity contribution is -0.137. The monoisotopic (exact) mass is 439 g/mol. The summed E-state index contributed by atoms with van der Waals surface area (Å²) < 4.78 is 52.3. The maximum atomic E-state index is 13.6. The van der Waals surface area contributed by atoms with Crippen LogP contribution in [0.3, 0.4) is 0 Å². The highest BCUT2D eigenvalue weighted by Gasteiger charge is 2.30. The van der Waals surface area contributed by atoms with E-state index in [4.69, 9.17) is 0 Å². The second-order valence-corrected chi connectivity index (χ2v) is 7.90. The van der Waals surface area contributed by atoms with E-state index in [0.29, 0.717) is 15.7 Å². The van der Waals surface area contributed by atoms with Crippen LogP contribution < -0.4 is 5.32 Å². The quantitative estimate of drug-likeness (QED) is 0.234. The molecule has 150 valence electrons. The molecule has 0 saturated carbocycles. The summed E-state index contributed by atoms with van der Waals surface area (Å²) in [5, 5.41) is 10.5. The number of carbonyl (C=O) groups is 1. The van der Waals surface area contributed by atoms with Crippen LogP contribution in [0.1, 0.15) is 16.7 Å². The zero-order valence-electron chi connectivity index (χ0n) is 14.6. The molecule has 0 radical (unpaired) electrons.